The number of imidazole rings is 2. The van der Waals surface area contributed by atoms with Crippen molar-refractivity contribution in [2.24, 2.45) is 0 Å². The summed E-state index contributed by atoms with van der Waals surface area (Å²) in [7, 11) is -3.62. The lowest BCUT2D eigenvalue weighted by atomic mass is 9.93. The molecule has 0 bridgehead atoms. The highest BCUT2D eigenvalue weighted by atomic mass is 32.2. The predicted molar refractivity (Wildman–Crippen MR) is 103 cm³/mol. The predicted octanol–water partition coefficient (Wildman–Crippen LogP) is 2.57. The molecule has 0 aromatic carbocycles. The zero-order valence-electron chi connectivity index (χ0n) is 16.6. The van der Waals surface area contributed by atoms with Crippen LogP contribution in [0.2, 0.25) is 0 Å². The number of fused-ring (bicyclic) bond motifs is 2. The maximum absolute atomic E-state index is 12.9. The molecule has 0 spiro atoms. The Kier molecular flexibility index (Phi) is 4.46. The molecule has 8 heteroatoms. The molecule has 7 nitrogen and oxygen atoms in total. The summed E-state index contributed by atoms with van der Waals surface area (Å²) in [5.74, 6) is 1.92. The second-order valence-corrected chi connectivity index (χ2v) is 10.6. The summed E-state index contributed by atoms with van der Waals surface area (Å²) in [6.07, 6.45) is 8.27. The Bertz CT molecular complexity index is 951. The van der Waals surface area contributed by atoms with Gasteiger partial charge in [0.2, 0.25) is 0 Å². The van der Waals surface area contributed by atoms with Gasteiger partial charge in [0.25, 0.3) is 10.0 Å². The Labute approximate surface area is 161 Å². The zero-order chi connectivity index (χ0) is 19.4. The highest BCUT2D eigenvalue weighted by molar-refractivity contribution is 7.89. The molecule has 0 radical (unpaired) electrons. The van der Waals surface area contributed by atoms with Gasteiger partial charge in [0.05, 0.1) is 5.69 Å². The average molecular weight is 392 g/mol. The fraction of sp³-hybridized carbons (Fsp3) is 0.684. The number of hydrogen-bond donors (Lipinski definition) is 1. The van der Waals surface area contributed by atoms with Gasteiger partial charge < -0.3 is 9.13 Å². The molecule has 4 heterocycles. The second kappa shape index (κ2) is 6.44. The summed E-state index contributed by atoms with van der Waals surface area (Å²) in [6, 6.07) is 0.171. The largest absolute Gasteiger partial charge is 0.333 e. The van der Waals surface area contributed by atoms with E-state index in [2.05, 4.69) is 48.2 Å². The lowest BCUT2D eigenvalue weighted by Gasteiger charge is -2.24. The number of sulfonamides is 1. The fourth-order valence-corrected chi connectivity index (χ4v) is 5.21. The molecule has 0 saturated heterocycles. The minimum absolute atomic E-state index is 0.00839. The molecule has 2 aromatic heterocycles. The van der Waals surface area contributed by atoms with Crippen molar-refractivity contribution in [3.63, 3.8) is 0 Å². The van der Waals surface area contributed by atoms with E-state index < -0.39 is 10.0 Å². The summed E-state index contributed by atoms with van der Waals surface area (Å²) >= 11 is 0. The monoisotopic (exact) mass is 391 g/mol. The van der Waals surface area contributed by atoms with E-state index in [1.807, 2.05) is 4.57 Å². The Morgan fingerprint density at radius 3 is 2.59 bits per heavy atom. The van der Waals surface area contributed by atoms with Crippen molar-refractivity contribution in [3.05, 3.63) is 29.7 Å². The van der Waals surface area contributed by atoms with E-state index in [0.717, 1.165) is 49.4 Å². The van der Waals surface area contributed by atoms with E-state index in [1.165, 1.54) is 0 Å². The topological polar surface area (TPSA) is 81.8 Å². The number of rotatable bonds is 3. The third-order valence-electron chi connectivity index (χ3n) is 5.64. The van der Waals surface area contributed by atoms with Crippen LogP contribution < -0.4 is 4.72 Å². The number of aromatic nitrogens is 4. The summed E-state index contributed by atoms with van der Waals surface area (Å²) < 4.78 is 32.8. The van der Waals surface area contributed by atoms with Gasteiger partial charge in [-0.2, -0.15) is 0 Å². The molecule has 2 aliphatic rings. The lowest BCUT2D eigenvalue weighted by Crippen LogP contribution is -2.40. The van der Waals surface area contributed by atoms with Gasteiger partial charge >= 0.3 is 0 Å². The maximum atomic E-state index is 12.9. The Hall–Kier alpha value is -1.67. The third kappa shape index (κ3) is 3.57. The zero-order valence-corrected chi connectivity index (χ0v) is 17.4. The van der Waals surface area contributed by atoms with Crippen LogP contribution in [0.5, 0.6) is 0 Å². The van der Waals surface area contributed by atoms with Gasteiger partial charge in [-0.1, -0.05) is 20.8 Å². The van der Waals surface area contributed by atoms with Crippen molar-refractivity contribution in [1.29, 1.82) is 0 Å². The molecule has 0 saturated carbocycles. The van der Waals surface area contributed by atoms with Crippen molar-refractivity contribution in [2.45, 2.75) is 88.9 Å². The van der Waals surface area contributed by atoms with Gasteiger partial charge in [0, 0.05) is 49.3 Å². The molecule has 4 rings (SSSR count). The van der Waals surface area contributed by atoms with Crippen LogP contribution in [0.1, 0.15) is 70.3 Å². The Balaban J connectivity index is 1.52. The van der Waals surface area contributed by atoms with E-state index in [0.29, 0.717) is 12.6 Å². The van der Waals surface area contributed by atoms with Crippen LogP contribution in [0.3, 0.4) is 0 Å². The van der Waals surface area contributed by atoms with E-state index >= 15 is 0 Å². The molecule has 1 N–H and O–H groups in total. The van der Waals surface area contributed by atoms with Crippen molar-refractivity contribution in [3.8, 4) is 0 Å². The normalized spacial score (nSPS) is 23.1. The van der Waals surface area contributed by atoms with E-state index in [4.69, 9.17) is 4.98 Å². The smallest absolute Gasteiger partial charge is 0.259 e. The molecule has 0 fully saturated rings. The first kappa shape index (κ1) is 18.7. The number of aryl methyl sites for hydroxylation is 2. The molecular weight excluding hydrogens is 362 g/mol. The Morgan fingerprint density at radius 2 is 1.89 bits per heavy atom. The van der Waals surface area contributed by atoms with Gasteiger partial charge in [-0.25, -0.2) is 23.1 Å². The number of nitrogens with zero attached hydrogens (tertiary/aromatic N) is 4. The van der Waals surface area contributed by atoms with Crippen LogP contribution in [-0.4, -0.2) is 33.6 Å². The van der Waals surface area contributed by atoms with Crippen LogP contribution >= 0.6 is 0 Å². The minimum atomic E-state index is -3.62. The minimum Gasteiger partial charge on any atom is -0.333 e. The summed E-state index contributed by atoms with van der Waals surface area (Å²) in [5, 5.41) is 0.151. The molecule has 0 amide bonds. The number of hydrogen-bond acceptors (Lipinski definition) is 4. The van der Waals surface area contributed by atoms with Crippen molar-refractivity contribution in [1.82, 2.24) is 23.8 Å². The number of nitrogens with one attached hydrogen (secondary N) is 1. The van der Waals surface area contributed by atoms with Crippen molar-refractivity contribution in [2.75, 3.05) is 0 Å². The summed E-state index contributed by atoms with van der Waals surface area (Å²) in [6.45, 7) is 9.15. The van der Waals surface area contributed by atoms with Gasteiger partial charge in [0.1, 0.15) is 11.6 Å². The van der Waals surface area contributed by atoms with Crippen LogP contribution in [0, 0.1) is 0 Å². The van der Waals surface area contributed by atoms with Crippen LogP contribution in [-0.2, 0) is 34.8 Å². The molecule has 0 aliphatic carbocycles. The first-order valence-electron chi connectivity index (χ1n) is 9.80. The highest BCUT2D eigenvalue weighted by Crippen LogP contribution is 2.27. The van der Waals surface area contributed by atoms with Crippen LogP contribution in [0.15, 0.2) is 17.4 Å². The molecule has 2 aromatic rings. The van der Waals surface area contributed by atoms with Gasteiger partial charge in [-0.15, -0.1) is 0 Å². The average Bonchev–Trinajstić information content (AvgIpc) is 3.18. The van der Waals surface area contributed by atoms with Gasteiger partial charge in [-0.05, 0) is 26.2 Å². The second-order valence-electron chi connectivity index (χ2n) is 8.95. The van der Waals surface area contributed by atoms with Crippen molar-refractivity contribution >= 4 is 10.0 Å². The Morgan fingerprint density at radius 1 is 1.11 bits per heavy atom. The van der Waals surface area contributed by atoms with Crippen LogP contribution in [0.4, 0.5) is 0 Å². The first-order valence-corrected chi connectivity index (χ1v) is 11.3. The summed E-state index contributed by atoms with van der Waals surface area (Å²) in [4.78, 5) is 9.15. The molecule has 27 heavy (non-hydrogen) atoms. The lowest BCUT2D eigenvalue weighted by molar-refractivity contribution is 0.420. The van der Waals surface area contributed by atoms with Gasteiger partial charge in [0.15, 0.2) is 5.03 Å². The standard InChI is InChI=1S/C19H29N5O2S/c1-13-6-5-7-17-21-18(12-24(13)17)27(25,26)22-14-8-9-16-20-15(19(2,3)4)11-23(16)10-14/h11-14,22H,5-10H2,1-4H3. The molecule has 2 atom stereocenters. The van der Waals surface area contributed by atoms with E-state index in [-0.39, 0.29) is 16.5 Å². The molecule has 148 valence electrons. The first-order chi connectivity index (χ1) is 12.6. The SMILES string of the molecule is CC1CCCc2nc(S(=O)(=O)NC3CCc4nc(C(C)(C)C)cn4C3)cn21. The maximum Gasteiger partial charge on any atom is 0.259 e. The van der Waals surface area contributed by atoms with E-state index in [1.54, 1.807) is 6.20 Å². The fourth-order valence-electron chi connectivity index (χ4n) is 3.98. The highest BCUT2D eigenvalue weighted by Gasteiger charge is 2.30. The summed E-state index contributed by atoms with van der Waals surface area (Å²) in [5.41, 5.74) is 1.04. The van der Waals surface area contributed by atoms with Gasteiger partial charge in [-0.3, -0.25) is 0 Å². The third-order valence-corrected chi connectivity index (χ3v) is 7.03. The van der Waals surface area contributed by atoms with Crippen molar-refractivity contribution < 1.29 is 8.42 Å². The quantitative estimate of drug-likeness (QED) is 0.872. The molecule has 2 aliphatic heterocycles. The molecular formula is C19H29N5O2S. The van der Waals surface area contributed by atoms with E-state index in [9.17, 15) is 8.42 Å². The molecule has 2 unspecified atom stereocenters. The van der Waals surface area contributed by atoms with Crippen LogP contribution in [0.25, 0.3) is 0 Å².